The molecule has 0 aliphatic heterocycles. The zero-order valence-corrected chi connectivity index (χ0v) is 23.2. The van der Waals surface area contributed by atoms with Crippen LogP contribution in [-0.4, -0.2) is 42.0 Å². The molecule has 1 saturated carbocycles. The first-order valence-corrected chi connectivity index (χ1v) is 13.8. The first-order chi connectivity index (χ1) is 18.7. The summed E-state index contributed by atoms with van der Waals surface area (Å²) in [6.07, 6.45) is 7.65. The molecule has 0 saturated heterocycles. The Morgan fingerprint density at radius 2 is 1.77 bits per heavy atom. The smallest absolute Gasteiger partial charge is 0.311 e. The Morgan fingerprint density at radius 3 is 2.44 bits per heavy atom. The van der Waals surface area contributed by atoms with E-state index < -0.39 is 5.60 Å². The highest BCUT2D eigenvalue weighted by atomic mass is 16.5. The second-order valence-electron chi connectivity index (χ2n) is 11.2. The number of quaternary nitrogens is 1. The van der Waals surface area contributed by atoms with Crippen LogP contribution in [0.4, 0.5) is 5.69 Å². The van der Waals surface area contributed by atoms with Gasteiger partial charge in [-0.05, 0) is 41.3 Å². The van der Waals surface area contributed by atoms with Crippen molar-refractivity contribution in [2.45, 2.75) is 64.0 Å². The van der Waals surface area contributed by atoms with Gasteiger partial charge in [-0.15, -0.1) is 0 Å². The van der Waals surface area contributed by atoms with Crippen LogP contribution >= 0.6 is 0 Å². The first kappa shape index (κ1) is 28.5. The number of anilines is 1. The lowest BCUT2D eigenvalue weighted by Crippen LogP contribution is -2.49. The zero-order valence-electron chi connectivity index (χ0n) is 23.2. The number of hydrogen-bond acceptors (Lipinski definition) is 6. The van der Waals surface area contributed by atoms with Gasteiger partial charge in [0.05, 0.1) is 33.3 Å². The van der Waals surface area contributed by atoms with Crippen molar-refractivity contribution in [1.82, 2.24) is 4.98 Å². The van der Waals surface area contributed by atoms with Gasteiger partial charge in [-0.3, -0.25) is 9.59 Å². The van der Waals surface area contributed by atoms with Gasteiger partial charge in [-0.25, -0.2) is 4.98 Å². The normalized spacial score (nSPS) is 15.9. The Bertz CT molecular complexity index is 1230. The Morgan fingerprint density at radius 1 is 1.08 bits per heavy atom. The summed E-state index contributed by atoms with van der Waals surface area (Å²) in [5, 5.41) is 17.2. The summed E-state index contributed by atoms with van der Waals surface area (Å²) in [5.41, 5.74) is -0.141. The van der Waals surface area contributed by atoms with Crippen LogP contribution in [-0.2, 0) is 21.7 Å². The van der Waals surface area contributed by atoms with E-state index in [-0.39, 0.29) is 30.1 Å². The third-order valence-corrected chi connectivity index (χ3v) is 7.39. The summed E-state index contributed by atoms with van der Waals surface area (Å²) < 4.78 is 12.2. The Labute approximate surface area is 230 Å². The maximum absolute atomic E-state index is 14.5. The third-order valence-electron chi connectivity index (χ3n) is 7.39. The molecular formula is C31H39N3O5. The highest BCUT2D eigenvalue weighted by molar-refractivity contribution is 5.88. The quantitative estimate of drug-likeness (QED) is 0.216. The number of rotatable bonds is 11. The lowest BCUT2D eigenvalue weighted by molar-refractivity contribution is -0.904. The number of ether oxygens (including phenoxy) is 1. The lowest BCUT2D eigenvalue weighted by atomic mass is 9.73. The third kappa shape index (κ3) is 7.55. The molecule has 0 unspecified atom stereocenters. The summed E-state index contributed by atoms with van der Waals surface area (Å²) in [7, 11) is 4.13. The molecule has 1 aliphatic rings. The minimum Gasteiger partial charge on any atom is -0.839 e. The fraction of sp³-hybridized carbons (Fsp3) is 0.452. The van der Waals surface area contributed by atoms with E-state index in [9.17, 15) is 14.7 Å². The molecule has 1 aliphatic carbocycles. The molecule has 8 nitrogen and oxygen atoms in total. The molecule has 208 valence electrons. The SMILES string of the molecule is CC(=O)Nc1ccc(OC(=O)CCC[N+](C)(C)Cc2cnc([C@]([O-])(c3ccccc3)C3CCCCC3)o2)cc1. The minimum absolute atomic E-state index is 0.0461. The maximum atomic E-state index is 14.5. The predicted octanol–water partition coefficient (Wildman–Crippen LogP) is 4.78. The molecule has 0 bridgehead atoms. The van der Waals surface area contributed by atoms with Crippen molar-refractivity contribution in [2.75, 3.05) is 26.0 Å². The number of benzene rings is 2. The molecule has 1 aromatic heterocycles. The molecule has 3 aromatic rings. The van der Waals surface area contributed by atoms with Gasteiger partial charge in [-0.1, -0.05) is 62.4 Å². The summed E-state index contributed by atoms with van der Waals surface area (Å²) in [6.45, 7) is 2.72. The van der Waals surface area contributed by atoms with Crippen LogP contribution in [0.3, 0.4) is 0 Å². The fourth-order valence-electron chi connectivity index (χ4n) is 5.43. The molecule has 1 N–H and O–H groups in total. The number of oxazole rings is 1. The van der Waals surface area contributed by atoms with E-state index in [2.05, 4.69) is 24.4 Å². The molecule has 39 heavy (non-hydrogen) atoms. The molecule has 0 spiro atoms. The van der Waals surface area contributed by atoms with Gasteiger partial charge in [-0.2, -0.15) is 0 Å². The zero-order chi connectivity index (χ0) is 27.9. The van der Waals surface area contributed by atoms with E-state index in [1.165, 1.54) is 13.3 Å². The number of amides is 1. The van der Waals surface area contributed by atoms with E-state index in [4.69, 9.17) is 9.15 Å². The van der Waals surface area contributed by atoms with Gasteiger partial charge < -0.3 is 24.1 Å². The number of nitrogens with zero attached hydrogens (tertiary/aromatic N) is 2. The number of hydrogen-bond donors (Lipinski definition) is 1. The highest BCUT2D eigenvalue weighted by Crippen LogP contribution is 2.41. The molecule has 1 heterocycles. The topological polar surface area (TPSA) is 104 Å². The standard InChI is InChI=1S/C31H39N3O5/c1-23(35)33-26-16-18-27(19-17-26)38-29(36)15-10-20-34(2,3)22-28-21-32-30(39-28)31(37,24-11-6-4-7-12-24)25-13-8-5-9-14-25/h4,6-7,11-12,16-19,21,25H,5,8-10,13-15,20,22H2,1-3H3,(H,33,35)/t31-/m0/s1. The number of esters is 1. The van der Waals surface area contributed by atoms with E-state index >= 15 is 0 Å². The van der Waals surface area contributed by atoms with Crippen LogP contribution < -0.4 is 15.2 Å². The first-order valence-electron chi connectivity index (χ1n) is 13.8. The maximum Gasteiger partial charge on any atom is 0.311 e. The molecule has 0 radical (unpaired) electrons. The second-order valence-corrected chi connectivity index (χ2v) is 11.2. The van der Waals surface area contributed by atoms with Crippen molar-refractivity contribution in [2.24, 2.45) is 5.92 Å². The Hall–Kier alpha value is -3.49. The van der Waals surface area contributed by atoms with E-state index in [0.717, 1.165) is 32.2 Å². The highest BCUT2D eigenvalue weighted by Gasteiger charge is 2.36. The van der Waals surface area contributed by atoms with Gasteiger partial charge in [0, 0.05) is 19.0 Å². The molecule has 1 amide bonds. The van der Waals surface area contributed by atoms with Crippen LogP contribution in [0.1, 0.15) is 69.1 Å². The van der Waals surface area contributed by atoms with E-state index in [0.29, 0.717) is 40.2 Å². The van der Waals surface area contributed by atoms with Crippen LogP contribution in [0, 0.1) is 5.92 Å². The van der Waals surface area contributed by atoms with Gasteiger partial charge >= 0.3 is 5.97 Å². The van der Waals surface area contributed by atoms with Crippen LogP contribution in [0.5, 0.6) is 5.75 Å². The number of aromatic nitrogens is 1. The Balaban J connectivity index is 1.33. The average molecular weight is 534 g/mol. The van der Waals surface area contributed by atoms with Gasteiger partial charge in [0.25, 0.3) is 0 Å². The monoisotopic (exact) mass is 533 g/mol. The molecule has 1 atom stereocenters. The Kier molecular flexibility index (Phi) is 9.20. The number of nitrogens with one attached hydrogen (secondary N) is 1. The second kappa shape index (κ2) is 12.6. The number of carbonyl (C=O) groups excluding carboxylic acids is 2. The summed E-state index contributed by atoms with van der Waals surface area (Å²) >= 11 is 0. The van der Waals surface area contributed by atoms with Crippen molar-refractivity contribution in [1.29, 1.82) is 0 Å². The predicted molar refractivity (Wildman–Crippen MR) is 147 cm³/mol. The van der Waals surface area contributed by atoms with Crippen LogP contribution in [0.2, 0.25) is 0 Å². The molecule has 2 aromatic carbocycles. The molecular weight excluding hydrogens is 494 g/mol. The van der Waals surface area contributed by atoms with Crippen molar-refractivity contribution in [3.8, 4) is 5.75 Å². The van der Waals surface area contributed by atoms with Crippen LogP contribution in [0.15, 0.2) is 65.2 Å². The minimum atomic E-state index is -1.50. The summed E-state index contributed by atoms with van der Waals surface area (Å²) in [5.74, 6) is 0.850. The van der Waals surface area contributed by atoms with Gasteiger partial charge in [0.15, 0.2) is 11.7 Å². The summed E-state index contributed by atoms with van der Waals surface area (Å²) in [6, 6.07) is 16.2. The summed E-state index contributed by atoms with van der Waals surface area (Å²) in [4.78, 5) is 28.0. The lowest BCUT2D eigenvalue weighted by Gasteiger charge is -2.46. The van der Waals surface area contributed by atoms with Crippen molar-refractivity contribution in [3.63, 3.8) is 0 Å². The van der Waals surface area contributed by atoms with Crippen molar-refractivity contribution in [3.05, 3.63) is 78.0 Å². The van der Waals surface area contributed by atoms with Crippen molar-refractivity contribution < 1.29 is 28.3 Å². The van der Waals surface area contributed by atoms with Gasteiger partial charge in [0.1, 0.15) is 12.3 Å². The van der Waals surface area contributed by atoms with Gasteiger partial charge in [0.2, 0.25) is 5.91 Å². The van der Waals surface area contributed by atoms with Crippen molar-refractivity contribution >= 4 is 17.6 Å². The van der Waals surface area contributed by atoms with Crippen LogP contribution in [0.25, 0.3) is 0 Å². The number of carbonyl (C=O) groups is 2. The average Bonchev–Trinajstić information content (AvgIpc) is 3.38. The molecule has 1 fully saturated rings. The molecule has 4 rings (SSSR count). The van der Waals surface area contributed by atoms with E-state index in [1.807, 2.05) is 30.3 Å². The molecule has 8 heteroatoms. The fourth-order valence-corrected chi connectivity index (χ4v) is 5.43. The largest absolute Gasteiger partial charge is 0.839 e. The van der Waals surface area contributed by atoms with E-state index in [1.54, 1.807) is 30.5 Å².